The molecule has 0 nitrogen and oxygen atoms in total. The van der Waals surface area contributed by atoms with E-state index in [2.05, 4.69) is 37.5 Å². The molecule has 272 valence electrons. The van der Waals surface area contributed by atoms with Crippen LogP contribution in [0.4, 0.5) is 0 Å². The lowest BCUT2D eigenvalue weighted by molar-refractivity contribution is 0.516. The Hall–Kier alpha value is -0.780. The van der Waals surface area contributed by atoms with Gasteiger partial charge in [-0.05, 0) is 51.4 Å². The van der Waals surface area contributed by atoms with Crippen LogP contribution in [0.3, 0.4) is 0 Å². The van der Waals surface area contributed by atoms with Gasteiger partial charge in [-0.25, -0.2) is 0 Å². The largest absolute Gasteiger partial charge is 0.103 e. The lowest BCUT2D eigenvalue weighted by atomic mass is 10.0. The molecule has 0 aromatic rings. The maximum absolute atomic E-state index is 3.81. The summed E-state index contributed by atoms with van der Waals surface area (Å²) in [5.74, 6) is 0. The number of rotatable bonds is 42. The minimum Gasteiger partial charge on any atom is -0.103 e. The van der Waals surface area contributed by atoms with Crippen molar-refractivity contribution in [2.45, 2.75) is 257 Å². The molecule has 0 saturated heterocycles. The van der Waals surface area contributed by atoms with E-state index >= 15 is 0 Å². The Labute approximate surface area is 293 Å². The van der Waals surface area contributed by atoms with E-state index in [1.807, 2.05) is 0 Å². The maximum atomic E-state index is 3.81. The molecule has 0 aliphatic heterocycles. The summed E-state index contributed by atoms with van der Waals surface area (Å²) in [7, 11) is 0. The first-order chi connectivity index (χ1) is 22.9. The van der Waals surface area contributed by atoms with Crippen molar-refractivity contribution >= 4 is 0 Å². The summed E-state index contributed by atoms with van der Waals surface area (Å²) in [5, 5.41) is 0. The van der Waals surface area contributed by atoms with E-state index in [1.165, 1.54) is 257 Å². The normalized spacial score (nSPS) is 11.6. The third-order valence-corrected chi connectivity index (χ3v) is 10.2. The Bertz CT molecular complexity index is 571. The highest BCUT2D eigenvalue weighted by atomic mass is 14.0. The lowest BCUT2D eigenvalue weighted by Gasteiger charge is -2.04. The van der Waals surface area contributed by atoms with Crippen LogP contribution in [0.25, 0.3) is 0 Å². The van der Waals surface area contributed by atoms with Gasteiger partial charge in [0.15, 0.2) is 0 Å². The Balaban J connectivity index is 3.09. The highest BCUT2D eigenvalue weighted by Gasteiger charge is 1.97. The van der Waals surface area contributed by atoms with E-state index in [-0.39, 0.29) is 0 Å². The smallest absolute Gasteiger partial charge is 0.0351 e. The van der Waals surface area contributed by atoms with Crippen molar-refractivity contribution < 1.29 is 0 Å². The van der Waals surface area contributed by atoms with E-state index in [0.29, 0.717) is 0 Å². The second-order valence-electron chi connectivity index (χ2n) is 14.9. The number of unbranched alkanes of at least 4 members (excludes halogenated alkanes) is 38. The highest BCUT2D eigenvalue weighted by Crippen LogP contribution is 2.17. The zero-order chi connectivity index (χ0) is 33.1. The van der Waals surface area contributed by atoms with Crippen molar-refractivity contribution in [2.24, 2.45) is 0 Å². The lowest BCUT2D eigenvalue weighted by Crippen LogP contribution is -1.84. The first-order valence-corrected chi connectivity index (χ1v) is 21.8. The molecule has 0 aromatic carbocycles. The van der Waals surface area contributed by atoms with Crippen molar-refractivity contribution in [3.05, 3.63) is 37.5 Å². The maximum Gasteiger partial charge on any atom is -0.0351 e. The van der Waals surface area contributed by atoms with Crippen LogP contribution in [0.2, 0.25) is 0 Å². The predicted octanol–water partition coefficient (Wildman–Crippen LogP) is 17.5. The van der Waals surface area contributed by atoms with Crippen LogP contribution in [0.5, 0.6) is 0 Å². The van der Waals surface area contributed by atoms with E-state index in [0.717, 1.165) is 0 Å². The molecular formula is C46H88. The van der Waals surface area contributed by atoms with Crippen LogP contribution < -0.4 is 0 Å². The van der Waals surface area contributed by atoms with Crippen LogP contribution in [0.15, 0.2) is 37.5 Å². The molecule has 0 saturated carbocycles. The van der Waals surface area contributed by atoms with Crippen molar-refractivity contribution in [1.29, 1.82) is 0 Å². The second-order valence-corrected chi connectivity index (χ2v) is 14.9. The van der Waals surface area contributed by atoms with Crippen LogP contribution >= 0.6 is 0 Å². The molecule has 0 heteroatoms. The van der Waals surface area contributed by atoms with Gasteiger partial charge in [-0.3, -0.25) is 0 Å². The van der Waals surface area contributed by atoms with Gasteiger partial charge >= 0.3 is 0 Å². The molecule has 0 rings (SSSR count). The van der Waals surface area contributed by atoms with E-state index in [1.54, 1.807) is 0 Å². The molecule has 0 aliphatic carbocycles. The highest BCUT2D eigenvalue weighted by molar-refractivity contribution is 4.81. The zero-order valence-corrected chi connectivity index (χ0v) is 32.0. The first kappa shape index (κ1) is 45.2. The Morgan fingerprint density at radius 3 is 0.457 bits per heavy atom. The van der Waals surface area contributed by atoms with Crippen LogP contribution in [-0.2, 0) is 0 Å². The van der Waals surface area contributed by atoms with Gasteiger partial charge < -0.3 is 0 Å². The molecule has 0 aromatic heterocycles. The van der Waals surface area contributed by atoms with E-state index in [4.69, 9.17) is 0 Å². The summed E-state index contributed by atoms with van der Waals surface area (Å²) in [6, 6.07) is 0. The standard InChI is InChI=1S/C46H88/c1-3-5-7-9-11-13-15-17-19-21-23-25-27-29-31-33-35-37-39-41-43-45-46-44-42-40-38-36-34-32-30-28-26-24-22-20-18-16-14-12-10-8-6-4-2/h3-4,33,35H,1-2,5-32,34,36-46H2. The van der Waals surface area contributed by atoms with Crippen molar-refractivity contribution in [3.8, 4) is 0 Å². The van der Waals surface area contributed by atoms with Crippen LogP contribution in [0, 0.1) is 0 Å². The van der Waals surface area contributed by atoms with Crippen molar-refractivity contribution in [1.82, 2.24) is 0 Å². The monoisotopic (exact) mass is 641 g/mol. The third kappa shape index (κ3) is 43.2. The molecule has 0 heterocycles. The molecule has 0 bridgehead atoms. The van der Waals surface area contributed by atoms with Gasteiger partial charge in [-0.2, -0.15) is 0 Å². The minimum absolute atomic E-state index is 1.20. The minimum atomic E-state index is 1.20. The molecule has 0 unspecified atom stereocenters. The summed E-state index contributed by atoms with van der Waals surface area (Å²) in [5.41, 5.74) is 0. The molecule has 0 spiro atoms. The average molecular weight is 641 g/mol. The topological polar surface area (TPSA) is 0 Å². The summed E-state index contributed by atoms with van der Waals surface area (Å²) in [6.45, 7) is 7.61. The SMILES string of the molecule is C=CCCCCCCCCCCCCCCC=CCCCCCCCCCCCCCCCCCCCCCCCCCCC=C. The first-order valence-electron chi connectivity index (χ1n) is 21.8. The van der Waals surface area contributed by atoms with E-state index < -0.39 is 0 Å². The van der Waals surface area contributed by atoms with E-state index in [9.17, 15) is 0 Å². The fourth-order valence-corrected chi connectivity index (χ4v) is 6.99. The zero-order valence-electron chi connectivity index (χ0n) is 32.0. The second kappa shape index (κ2) is 44.2. The van der Waals surface area contributed by atoms with Crippen LogP contribution in [-0.4, -0.2) is 0 Å². The van der Waals surface area contributed by atoms with Gasteiger partial charge in [0.2, 0.25) is 0 Å². The van der Waals surface area contributed by atoms with Crippen molar-refractivity contribution in [2.75, 3.05) is 0 Å². The van der Waals surface area contributed by atoms with Gasteiger partial charge in [0.05, 0.1) is 0 Å². The Morgan fingerprint density at radius 2 is 0.304 bits per heavy atom. The van der Waals surface area contributed by atoms with Crippen molar-refractivity contribution in [3.63, 3.8) is 0 Å². The molecule has 0 fully saturated rings. The Morgan fingerprint density at radius 1 is 0.174 bits per heavy atom. The fourth-order valence-electron chi connectivity index (χ4n) is 6.99. The fraction of sp³-hybridized carbons (Fsp3) is 0.870. The summed E-state index contributed by atoms with van der Waals surface area (Å²) < 4.78 is 0. The molecule has 46 heavy (non-hydrogen) atoms. The van der Waals surface area contributed by atoms with Gasteiger partial charge in [-0.15, -0.1) is 13.2 Å². The number of hydrogen-bond donors (Lipinski definition) is 0. The molecule has 0 N–H and O–H groups in total. The molecule has 0 amide bonds. The summed E-state index contributed by atoms with van der Waals surface area (Å²) in [4.78, 5) is 0. The summed E-state index contributed by atoms with van der Waals surface area (Å²) in [6.07, 6.45) is 66.4. The van der Waals surface area contributed by atoms with Gasteiger partial charge in [0.25, 0.3) is 0 Å². The quantitative estimate of drug-likeness (QED) is 0.0460. The van der Waals surface area contributed by atoms with Gasteiger partial charge in [-0.1, -0.05) is 230 Å². The number of allylic oxidation sites excluding steroid dienone is 4. The molecule has 0 radical (unpaired) electrons. The molecular weight excluding hydrogens is 553 g/mol. The third-order valence-electron chi connectivity index (χ3n) is 10.2. The predicted molar refractivity (Wildman–Crippen MR) is 214 cm³/mol. The molecule has 0 atom stereocenters. The number of hydrogen-bond acceptors (Lipinski definition) is 0. The summed E-state index contributed by atoms with van der Waals surface area (Å²) >= 11 is 0. The van der Waals surface area contributed by atoms with Gasteiger partial charge in [0, 0.05) is 0 Å². The molecule has 0 aliphatic rings. The van der Waals surface area contributed by atoms with Crippen LogP contribution in [0.1, 0.15) is 257 Å². The Kier molecular flexibility index (Phi) is 43.5. The van der Waals surface area contributed by atoms with Gasteiger partial charge in [0.1, 0.15) is 0 Å². The average Bonchev–Trinajstić information content (AvgIpc) is 3.07.